The van der Waals surface area contributed by atoms with Crippen LogP contribution in [-0.2, 0) is 6.42 Å². The largest absolute Gasteiger partial charge is 0.327 e. The van der Waals surface area contributed by atoms with Crippen molar-refractivity contribution < 1.29 is 4.39 Å². The summed E-state index contributed by atoms with van der Waals surface area (Å²) < 4.78 is 12.2. The maximum absolute atomic E-state index is 12.2. The number of halogens is 1. The summed E-state index contributed by atoms with van der Waals surface area (Å²) in [6.07, 6.45) is 3.23. The fourth-order valence-electron chi connectivity index (χ4n) is 1.16. The lowest BCUT2D eigenvalue weighted by atomic mass is 10.1. The molecule has 0 saturated heterocycles. The molecular weight excluding hydrogens is 197 g/mol. The summed E-state index contributed by atoms with van der Waals surface area (Å²) in [7, 11) is 0. The Balaban J connectivity index is 2.68. The molecule has 0 spiro atoms. The van der Waals surface area contributed by atoms with Crippen molar-refractivity contribution in [1.82, 2.24) is 0 Å². The second-order valence-electron chi connectivity index (χ2n) is 3.00. The van der Waals surface area contributed by atoms with Gasteiger partial charge < -0.3 is 5.73 Å². The van der Waals surface area contributed by atoms with E-state index in [1.165, 1.54) is 4.90 Å². The molecule has 1 aromatic carbocycles. The Hall–Kier alpha value is -0.800. The summed E-state index contributed by atoms with van der Waals surface area (Å²) in [6.45, 7) is 0.279. The van der Waals surface area contributed by atoms with E-state index >= 15 is 0 Å². The summed E-state index contributed by atoms with van der Waals surface area (Å²) in [5.41, 5.74) is 7.10. The zero-order valence-corrected chi connectivity index (χ0v) is 8.98. The van der Waals surface area contributed by atoms with Crippen LogP contribution >= 0.6 is 11.8 Å². The molecule has 2 N–H and O–H groups in total. The summed E-state index contributed by atoms with van der Waals surface area (Å²) in [5.74, 6) is 0. The van der Waals surface area contributed by atoms with E-state index in [0.717, 1.165) is 5.56 Å². The molecule has 0 aliphatic carbocycles. The van der Waals surface area contributed by atoms with Crippen LogP contribution in [0, 0.1) is 0 Å². The van der Waals surface area contributed by atoms with Crippen LogP contribution < -0.4 is 5.73 Å². The molecule has 0 atom stereocenters. The molecule has 14 heavy (non-hydrogen) atoms. The number of hydrogen-bond donors (Lipinski definition) is 1. The Bertz CT molecular complexity index is 306. The van der Waals surface area contributed by atoms with E-state index in [9.17, 15) is 4.39 Å². The number of benzene rings is 1. The van der Waals surface area contributed by atoms with E-state index in [4.69, 9.17) is 5.73 Å². The fraction of sp³-hybridized carbons (Fsp3) is 0.273. The molecule has 3 heteroatoms. The van der Waals surface area contributed by atoms with E-state index in [0.29, 0.717) is 18.3 Å². The van der Waals surface area contributed by atoms with E-state index in [-0.39, 0.29) is 6.54 Å². The highest BCUT2D eigenvalue weighted by molar-refractivity contribution is 7.98. The lowest BCUT2D eigenvalue weighted by molar-refractivity contribution is 0.699. The first-order chi connectivity index (χ1) is 6.80. The average Bonchev–Trinajstić information content (AvgIpc) is 2.26. The third-order valence-electron chi connectivity index (χ3n) is 2.01. The van der Waals surface area contributed by atoms with Gasteiger partial charge >= 0.3 is 0 Å². The van der Waals surface area contributed by atoms with Crippen molar-refractivity contribution in [2.75, 3.05) is 12.8 Å². The summed E-state index contributed by atoms with van der Waals surface area (Å²) in [4.78, 5) is 1.22. The first kappa shape index (κ1) is 11.3. The highest BCUT2D eigenvalue weighted by Crippen LogP contribution is 2.16. The second kappa shape index (κ2) is 5.83. The molecule has 0 aliphatic rings. The van der Waals surface area contributed by atoms with Gasteiger partial charge in [0.15, 0.2) is 0 Å². The van der Waals surface area contributed by atoms with Crippen LogP contribution in [0.1, 0.15) is 5.56 Å². The van der Waals surface area contributed by atoms with Crippen LogP contribution in [0.25, 0.3) is 0 Å². The van der Waals surface area contributed by atoms with Crippen molar-refractivity contribution >= 4 is 11.8 Å². The van der Waals surface area contributed by atoms with Crippen LogP contribution in [0.15, 0.2) is 41.1 Å². The zero-order valence-electron chi connectivity index (χ0n) is 8.16. The quantitative estimate of drug-likeness (QED) is 0.775. The van der Waals surface area contributed by atoms with Crippen LogP contribution in [0.2, 0.25) is 0 Å². The standard InChI is InChI=1S/C11H14FNS/c1-14-11-4-2-9(3-5-11)6-10(7-12)8-13/h2-5,7H,6,8,13H2,1H3/b10-7+. The minimum Gasteiger partial charge on any atom is -0.327 e. The van der Waals surface area contributed by atoms with Crippen molar-refractivity contribution in [2.45, 2.75) is 11.3 Å². The third kappa shape index (κ3) is 3.16. The van der Waals surface area contributed by atoms with Gasteiger partial charge in [0.05, 0.1) is 6.33 Å². The van der Waals surface area contributed by atoms with Gasteiger partial charge in [-0.15, -0.1) is 11.8 Å². The first-order valence-electron chi connectivity index (χ1n) is 4.41. The van der Waals surface area contributed by atoms with E-state index in [1.54, 1.807) is 11.8 Å². The predicted molar refractivity (Wildman–Crippen MR) is 60.2 cm³/mol. The lowest BCUT2D eigenvalue weighted by Gasteiger charge is -2.03. The van der Waals surface area contributed by atoms with Crippen LogP contribution in [0.4, 0.5) is 4.39 Å². The smallest absolute Gasteiger partial charge is 0.0875 e. The highest BCUT2D eigenvalue weighted by atomic mass is 32.2. The molecule has 1 rings (SSSR count). The van der Waals surface area contributed by atoms with Crippen LogP contribution in [0.3, 0.4) is 0 Å². The molecule has 1 nitrogen and oxygen atoms in total. The molecule has 0 heterocycles. The third-order valence-corrected chi connectivity index (χ3v) is 2.75. The number of hydrogen-bond acceptors (Lipinski definition) is 2. The zero-order chi connectivity index (χ0) is 10.4. The van der Waals surface area contributed by atoms with E-state index < -0.39 is 0 Å². The van der Waals surface area contributed by atoms with Gasteiger partial charge in [-0.25, -0.2) is 4.39 Å². The molecule has 0 radical (unpaired) electrons. The van der Waals surface area contributed by atoms with Crippen molar-refractivity contribution in [2.24, 2.45) is 5.73 Å². The number of nitrogens with two attached hydrogens (primary N) is 1. The minimum atomic E-state index is 0.279. The molecule has 0 aliphatic heterocycles. The Labute approximate surface area is 88.2 Å². The SMILES string of the molecule is CSc1ccc(C/C(=C\F)CN)cc1. The molecule has 0 aromatic heterocycles. The predicted octanol–water partition coefficient (Wildman–Crippen LogP) is 2.76. The normalized spacial score (nSPS) is 11.8. The van der Waals surface area contributed by atoms with Gasteiger partial charge in [0.1, 0.15) is 0 Å². The Morgan fingerprint density at radius 1 is 1.43 bits per heavy atom. The second-order valence-corrected chi connectivity index (χ2v) is 3.88. The van der Waals surface area contributed by atoms with Gasteiger partial charge in [0, 0.05) is 11.4 Å². The van der Waals surface area contributed by atoms with E-state index in [1.807, 2.05) is 30.5 Å². The molecule has 0 saturated carbocycles. The van der Waals surface area contributed by atoms with Gasteiger partial charge in [-0.1, -0.05) is 12.1 Å². The van der Waals surface area contributed by atoms with Gasteiger partial charge in [-0.2, -0.15) is 0 Å². The Morgan fingerprint density at radius 3 is 2.50 bits per heavy atom. The van der Waals surface area contributed by atoms with Gasteiger partial charge in [-0.3, -0.25) is 0 Å². The van der Waals surface area contributed by atoms with Crippen molar-refractivity contribution in [3.63, 3.8) is 0 Å². The fourth-order valence-corrected chi connectivity index (χ4v) is 1.57. The molecule has 0 fully saturated rings. The lowest BCUT2D eigenvalue weighted by Crippen LogP contribution is -2.05. The van der Waals surface area contributed by atoms with Crippen molar-refractivity contribution in [1.29, 1.82) is 0 Å². The molecule has 0 unspecified atom stereocenters. The molecule has 76 valence electrons. The van der Waals surface area contributed by atoms with Crippen molar-refractivity contribution in [3.05, 3.63) is 41.7 Å². The van der Waals surface area contributed by atoms with Gasteiger partial charge in [0.2, 0.25) is 0 Å². The van der Waals surface area contributed by atoms with Gasteiger partial charge in [0.25, 0.3) is 0 Å². The maximum atomic E-state index is 12.2. The molecule has 0 amide bonds. The summed E-state index contributed by atoms with van der Waals surface area (Å²) in [5, 5.41) is 0. The van der Waals surface area contributed by atoms with Crippen LogP contribution in [0.5, 0.6) is 0 Å². The monoisotopic (exact) mass is 211 g/mol. The maximum Gasteiger partial charge on any atom is 0.0875 e. The number of thioether (sulfide) groups is 1. The average molecular weight is 211 g/mol. The topological polar surface area (TPSA) is 26.0 Å². The summed E-state index contributed by atoms with van der Waals surface area (Å²) in [6, 6.07) is 8.08. The minimum absolute atomic E-state index is 0.279. The highest BCUT2D eigenvalue weighted by Gasteiger charge is 1.98. The first-order valence-corrected chi connectivity index (χ1v) is 5.63. The number of rotatable bonds is 4. The van der Waals surface area contributed by atoms with Gasteiger partial charge in [-0.05, 0) is 35.9 Å². The molecule has 0 bridgehead atoms. The molecule has 1 aromatic rings. The Kier molecular flexibility index (Phi) is 4.70. The summed E-state index contributed by atoms with van der Waals surface area (Å²) >= 11 is 1.69. The Morgan fingerprint density at radius 2 is 2.07 bits per heavy atom. The molecular formula is C11H14FNS. The van der Waals surface area contributed by atoms with Crippen LogP contribution in [-0.4, -0.2) is 12.8 Å². The van der Waals surface area contributed by atoms with Crippen molar-refractivity contribution in [3.8, 4) is 0 Å². The van der Waals surface area contributed by atoms with E-state index in [2.05, 4.69) is 0 Å².